The maximum atomic E-state index is 12.6. The second-order valence-corrected chi connectivity index (χ2v) is 10.7. The molecule has 3 N–H and O–H groups in total. The van der Waals surface area contributed by atoms with Gasteiger partial charge in [0.25, 0.3) is 5.91 Å². The van der Waals surface area contributed by atoms with E-state index in [0.717, 1.165) is 24.8 Å². The normalized spacial score (nSPS) is 19.2. The molecule has 4 rings (SSSR count). The van der Waals surface area contributed by atoms with Crippen LogP contribution in [0.25, 0.3) is 11.0 Å². The van der Waals surface area contributed by atoms with Crippen molar-refractivity contribution < 1.29 is 32.6 Å². The highest BCUT2D eigenvalue weighted by Crippen LogP contribution is 2.46. The van der Waals surface area contributed by atoms with Crippen molar-refractivity contribution in [3.8, 4) is 5.75 Å². The molecule has 2 aromatic carbocycles. The summed E-state index contributed by atoms with van der Waals surface area (Å²) in [6.45, 7) is 6.71. The summed E-state index contributed by atoms with van der Waals surface area (Å²) in [6, 6.07) is 10.7. The van der Waals surface area contributed by atoms with Gasteiger partial charge in [0.05, 0.1) is 17.5 Å². The number of halogens is 3. The Morgan fingerprint density at radius 2 is 1.87 bits per heavy atom. The van der Waals surface area contributed by atoms with Crippen LogP contribution < -0.4 is 15.4 Å². The molecular formula is C27H31F3N4O4. The van der Waals surface area contributed by atoms with Crippen LogP contribution in [0.3, 0.4) is 0 Å². The number of nitrogens with one attached hydrogen (secondary N) is 2. The highest BCUT2D eigenvalue weighted by atomic mass is 19.4. The lowest BCUT2D eigenvalue weighted by Gasteiger charge is -2.40. The average molecular weight is 533 g/mol. The lowest BCUT2D eigenvalue weighted by Crippen LogP contribution is -2.29. The van der Waals surface area contributed by atoms with Crippen molar-refractivity contribution in [1.82, 2.24) is 14.9 Å². The number of fused-ring (bicyclic) bond motifs is 1. The maximum Gasteiger partial charge on any atom is 0.573 e. The van der Waals surface area contributed by atoms with Gasteiger partial charge in [0.1, 0.15) is 5.75 Å². The number of benzene rings is 2. The molecule has 1 aliphatic carbocycles. The number of hydrogen-bond acceptors (Lipinski definition) is 5. The van der Waals surface area contributed by atoms with Gasteiger partial charge >= 0.3 is 12.3 Å². The highest BCUT2D eigenvalue weighted by molar-refractivity contribution is 5.98. The number of anilines is 2. The lowest BCUT2D eigenvalue weighted by atomic mass is 9.70. The number of amides is 1. The SMILES string of the molecule is C[C@H]1CC(n2c(Nc3ccc(OC(F)(F)F)cc3)nc3cc(C(=O)NCCC(=O)O)ccc32)CC(C)(C)C1. The van der Waals surface area contributed by atoms with Gasteiger partial charge in [0.2, 0.25) is 5.95 Å². The molecule has 38 heavy (non-hydrogen) atoms. The number of carboxylic acids is 1. The van der Waals surface area contributed by atoms with Crippen LogP contribution in [0.5, 0.6) is 5.75 Å². The Morgan fingerprint density at radius 1 is 1.16 bits per heavy atom. The third kappa shape index (κ3) is 6.76. The van der Waals surface area contributed by atoms with Gasteiger partial charge < -0.3 is 25.0 Å². The largest absolute Gasteiger partial charge is 0.573 e. The van der Waals surface area contributed by atoms with Crippen molar-refractivity contribution >= 4 is 34.5 Å². The van der Waals surface area contributed by atoms with Crippen molar-refractivity contribution in [3.05, 3.63) is 48.0 Å². The predicted octanol–water partition coefficient (Wildman–Crippen LogP) is 6.27. The molecule has 1 saturated carbocycles. The van der Waals surface area contributed by atoms with E-state index in [9.17, 15) is 22.8 Å². The summed E-state index contributed by atoms with van der Waals surface area (Å²) >= 11 is 0. The zero-order valence-corrected chi connectivity index (χ0v) is 21.4. The van der Waals surface area contributed by atoms with Crippen LogP contribution in [-0.2, 0) is 4.79 Å². The molecule has 0 spiro atoms. The molecule has 0 aliphatic heterocycles. The van der Waals surface area contributed by atoms with E-state index in [1.807, 2.05) is 6.07 Å². The third-order valence-electron chi connectivity index (χ3n) is 6.65. The smallest absolute Gasteiger partial charge is 0.481 e. The van der Waals surface area contributed by atoms with E-state index in [0.29, 0.717) is 28.6 Å². The van der Waals surface area contributed by atoms with Gasteiger partial charge in [-0.1, -0.05) is 20.8 Å². The topological polar surface area (TPSA) is 105 Å². The zero-order chi connectivity index (χ0) is 27.7. The van der Waals surface area contributed by atoms with Crippen LogP contribution in [0.2, 0.25) is 0 Å². The Bertz CT molecular complexity index is 1320. The van der Waals surface area contributed by atoms with Gasteiger partial charge in [0, 0.05) is 23.8 Å². The van der Waals surface area contributed by atoms with Gasteiger partial charge in [-0.2, -0.15) is 0 Å². The first-order valence-corrected chi connectivity index (χ1v) is 12.4. The van der Waals surface area contributed by atoms with Crippen molar-refractivity contribution in [1.29, 1.82) is 0 Å². The number of carbonyl (C=O) groups is 2. The van der Waals surface area contributed by atoms with Crippen molar-refractivity contribution in [2.24, 2.45) is 11.3 Å². The molecule has 0 radical (unpaired) electrons. The Kier molecular flexibility index (Phi) is 7.57. The number of nitrogens with zero attached hydrogens (tertiary/aromatic N) is 2. The molecular weight excluding hydrogens is 501 g/mol. The van der Waals surface area contributed by atoms with E-state index in [2.05, 4.69) is 40.7 Å². The molecule has 1 fully saturated rings. The van der Waals surface area contributed by atoms with Crippen LogP contribution >= 0.6 is 0 Å². The van der Waals surface area contributed by atoms with E-state index in [4.69, 9.17) is 10.1 Å². The molecule has 204 valence electrons. The minimum atomic E-state index is -4.77. The van der Waals surface area contributed by atoms with Gasteiger partial charge in [0.15, 0.2) is 0 Å². The standard InChI is InChI=1S/C27H31F3N4O4/c1-16-12-19(15-26(2,3)14-16)34-22-9-4-17(24(37)31-11-10-23(35)36)13-21(22)33-25(34)32-18-5-7-20(8-6-18)38-27(28,29)30/h4-9,13,16,19H,10-12,14-15H2,1-3H3,(H,31,37)(H,32,33)(H,35,36)/t16-,19?/m0/s1. The second-order valence-electron chi connectivity index (χ2n) is 10.7. The molecule has 1 aromatic heterocycles. The summed E-state index contributed by atoms with van der Waals surface area (Å²) in [5, 5.41) is 14.6. The quantitative estimate of drug-likeness (QED) is 0.316. The minimum absolute atomic E-state index is 0.0105. The molecule has 3 aromatic rings. The van der Waals surface area contributed by atoms with Gasteiger partial charge in [-0.05, 0) is 73.1 Å². The summed E-state index contributed by atoms with van der Waals surface area (Å²) in [5.41, 5.74) is 2.39. The first-order chi connectivity index (χ1) is 17.8. The summed E-state index contributed by atoms with van der Waals surface area (Å²) in [6.07, 6.45) is -2.02. The Hall–Kier alpha value is -3.76. The summed E-state index contributed by atoms with van der Waals surface area (Å²) < 4.78 is 43.7. The Morgan fingerprint density at radius 3 is 2.50 bits per heavy atom. The molecule has 8 nitrogen and oxygen atoms in total. The first kappa shape index (κ1) is 27.3. The maximum absolute atomic E-state index is 12.6. The Balaban J connectivity index is 1.68. The molecule has 1 heterocycles. The van der Waals surface area contributed by atoms with Crippen LogP contribution in [0.4, 0.5) is 24.8 Å². The van der Waals surface area contributed by atoms with E-state index >= 15 is 0 Å². The molecule has 1 amide bonds. The molecule has 11 heteroatoms. The lowest BCUT2D eigenvalue weighted by molar-refractivity contribution is -0.274. The number of rotatable bonds is 8. The van der Waals surface area contributed by atoms with Gasteiger partial charge in [-0.25, -0.2) is 4.98 Å². The summed E-state index contributed by atoms with van der Waals surface area (Å²) in [4.78, 5) is 28.1. The molecule has 2 atom stereocenters. The first-order valence-electron chi connectivity index (χ1n) is 12.4. The number of hydrogen-bond donors (Lipinski definition) is 3. The molecule has 0 saturated heterocycles. The number of aliphatic carboxylic acids is 1. The van der Waals surface area contributed by atoms with Crippen LogP contribution in [0.1, 0.15) is 62.9 Å². The van der Waals surface area contributed by atoms with Gasteiger partial charge in [-0.15, -0.1) is 13.2 Å². The van der Waals surface area contributed by atoms with Crippen molar-refractivity contribution in [2.75, 3.05) is 11.9 Å². The van der Waals surface area contributed by atoms with E-state index in [1.54, 1.807) is 12.1 Å². The number of aromatic nitrogens is 2. The number of carbonyl (C=O) groups excluding carboxylic acids is 1. The number of ether oxygens (including phenoxy) is 1. The number of imidazole rings is 1. The van der Waals surface area contributed by atoms with Crippen LogP contribution in [-0.4, -0.2) is 39.4 Å². The fraction of sp³-hybridized carbons (Fsp3) is 0.444. The Labute approximate surface area is 218 Å². The fourth-order valence-electron chi connectivity index (χ4n) is 5.44. The zero-order valence-electron chi connectivity index (χ0n) is 21.4. The van der Waals surface area contributed by atoms with Gasteiger partial charge in [-0.3, -0.25) is 9.59 Å². The van der Waals surface area contributed by atoms with Crippen molar-refractivity contribution in [2.45, 2.75) is 58.9 Å². The molecule has 0 bridgehead atoms. The number of carboxylic acid groups (broad SMARTS) is 1. The summed E-state index contributed by atoms with van der Waals surface area (Å²) in [7, 11) is 0. The number of alkyl halides is 3. The minimum Gasteiger partial charge on any atom is -0.481 e. The van der Waals surface area contributed by atoms with E-state index in [-0.39, 0.29) is 30.2 Å². The summed E-state index contributed by atoms with van der Waals surface area (Å²) in [5.74, 6) is -0.726. The van der Waals surface area contributed by atoms with Crippen LogP contribution in [0.15, 0.2) is 42.5 Å². The predicted molar refractivity (Wildman–Crippen MR) is 137 cm³/mol. The highest BCUT2D eigenvalue weighted by Gasteiger charge is 2.35. The second kappa shape index (κ2) is 10.5. The van der Waals surface area contributed by atoms with Crippen molar-refractivity contribution in [3.63, 3.8) is 0 Å². The third-order valence-corrected chi connectivity index (χ3v) is 6.65. The molecule has 1 unspecified atom stereocenters. The van der Waals surface area contributed by atoms with E-state index < -0.39 is 18.2 Å². The van der Waals surface area contributed by atoms with E-state index in [1.165, 1.54) is 24.3 Å². The fourth-order valence-corrected chi connectivity index (χ4v) is 5.44. The van der Waals surface area contributed by atoms with Crippen LogP contribution in [0, 0.1) is 11.3 Å². The average Bonchev–Trinajstić information content (AvgIpc) is 3.14. The monoisotopic (exact) mass is 532 g/mol. The molecule has 1 aliphatic rings.